The second-order valence-corrected chi connectivity index (χ2v) is 3.25. The van der Waals surface area contributed by atoms with Gasteiger partial charge in [-0.05, 0) is 36.5 Å². The van der Waals surface area contributed by atoms with Gasteiger partial charge in [0.25, 0.3) is 11.8 Å². The Bertz CT molecular complexity index is 509. The fourth-order valence-electron chi connectivity index (χ4n) is 1.38. The van der Waals surface area contributed by atoms with E-state index in [0.717, 1.165) is 4.90 Å². The molecule has 0 saturated carbocycles. The first-order valence-electron chi connectivity index (χ1n) is 4.46. The van der Waals surface area contributed by atoms with Gasteiger partial charge in [-0.3, -0.25) is 9.59 Å². The molecule has 0 aliphatic carbocycles. The minimum absolute atomic E-state index is 0.337. The molecule has 2 amide bonds. The van der Waals surface area contributed by atoms with Gasteiger partial charge < -0.3 is 0 Å². The standard InChI is InChI=1S/C11H6N2O2S/c14-10-5-6-11(15)13(10)9-3-1-8(2-4-9)12-7-16/h1-6H. The van der Waals surface area contributed by atoms with Crippen LogP contribution in [0, 0.1) is 0 Å². The van der Waals surface area contributed by atoms with Crippen LogP contribution in [0.15, 0.2) is 41.4 Å². The zero-order valence-electron chi connectivity index (χ0n) is 8.08. The maximum atomic E-state index is 11.4. The molecule has 0 radical (unpaired) electrons. The number of thiocarbonyl (C=S) groups is 1. The summed E-state index contributed by atoms with van der Waals surface area (Å²) in [6.07, 6.45) is 2.48. The summed E-state index contributed by atoms with van der Waals surface area (Å²) < 4.78 is 0. The quantitative estimate of drug-likeness (QED) is 0.442. The highest BCUT2D eigenvalue weighted by Crippen LogP contribution is 2.22. The molecule has 4 nitrogen and oxygen atoms in total. The molecule has 1 aromatic carbocycles. The van der Waals surface area contributed by atoms with Crippen LogP contribution in [0.4, 0.5) is 11.4 Å². The summed E-state index contributed by atoms with van der Waals surface area (Å²) in [4.78, 5) is 27.6. The van der Waals surface area contributed by atoms with Crippen molar-refractivity contribution in [1.29, 1.82) is 0 Å². The predicted octanol–water partition coefficient (Wildman–Crippen LogP) is 1.85. The first-order chi connectivity index (χ1) is 7.72. The third-order valence-corrected chi connectivity index (χ3v) is 2.18. The summed E-state index contributed by atoms with van der Waals surface area (Å²) in [5.41, 5.74) is 1.15. The first-order valence-corrected chi connectivity index (χ1v) is 4.87. The van der Waals surface area contributed by atoms with Crippen molar-refractivity contribution in [3.8, 4) is 0 Å². The highest BCUT2D eigenvalue weighted by molar-refractivity contribution is 7.78. The number of rotatable bonds is 2. The van der Waals surface area contributed by atoms with Crippen LogP contribution < -0.4 is 4.90 Å². The SMILES string of the molecule is O=C1C=CC(=O)N1c1ccc(N=C=S)cc1. The van der Waals surface area contributed by atoms with Gasteiger partial charge >= 0.3 is 0 Å². The molecule has 0 spiro atoms. The molecule has 5 heteroatoms. The van der Waals surface area contributed by atoms with E-state index >= 15 is 0 Å². The zero-order chi connectivity index (χ0) is 11.5. The van der Waals surface area contributed by atoms with E-state index in [1.165, 1.54) is 12.2 Å². The summed E-state index contributed by atoms with van der Waals surface area (Å²) in [5, 5.41) is 2.24. The average Bonchev–Trinajstić information content (AvgIpc) is 2.61. The topological polar surface area (TPSA) is 49.7 Å². The summed E-state index contributed by atoms with van der Waals surface area (Å²) in [7, 11) is 0. The fourth-order valence-corrected chi connectivity index (χ4v) is 1.49. The molecular formula is C11H6N2O2S. The average molecular weight is 230 g/mol. The van der Waals surface area contributed by atoms with Crippen molar-refractivity contribution in [3.05, 3.63) is 36.4 Å². The van der Waals surface area contributed by atoms with E-state index in [1.807, 2.05) is 0 Å². The monoisotopic (exact) mass is 230 g/mol. The van der Waals surface area contributed by atoms with Crippen molar-refractivity contribution in [2.75, 3.05) is 4.90 Å². The summed E-state index contributed by atoms with van der Waals surface area (Å²) in [5.74, 6) is -0.674. The van der Waals surface area contributed by atoms with E-state index in [4.69, 9.17) is 0 Å². The third-order valence-electron chi connectivity index (χ3n) is 2.09. The highest BCUT2D eigenvalue weighted by Gasteiger charge is 2.24. The molecule has 0 unspecified atom stereocenters. The number of benzene rings is 1. The van der Waals surface area contributed by atoms with Crippen LogP contribution in [0.2, 0.25) is 0 Å². The van der Waals surface area contributed by atoms with Crippen molar-refractivity contribution >= 4 is 40.6 Å². The minimum atomic E-state index is -0.337. The van der Waals surface area contributed by atoms with Gasteiger partial charge in [-0.1, -0.05) is 0 Å². The Labute approximate surface area is 96.9 Å². The lowest BCUT2D eigenvalue weighted by atomic mass is 10.2. The summed E-state index contributed by atoms with van der Waals surface area (Å²) in [6, 6.07) is 6.59. The Morgan fingerprint density at radius 1 is 1.06 bits per heavy atom. The number of carbonyl (C=O) groups excluding carboxylic acids is 2. The van der Waals surface area contributed by atoms with E-state index in [0.29, 0.717) is 11.4 Å². The number of amides is 2. The second-order valence-electron chi connectivity index (χ2n) is 3.06. The summed E-state index contributed by atoms with van der Waals surface area (Å²) >= 11 is 4.47. The van der Waals surface area contributed by atoms with Crippen LogP contribution in [0.25, 0.3) is 0 Å². The molecule has 1 aromatic rings. The van der Waals surface area contributed by atoms with Gasteiger partial charge in [0.1, 0.15) is 0 Å². The Kier molecular flexibility index (Phi) is 2.72. The Hall–Kier alpha value is -2.10. The molecule has 16 heavy (non-hydrogen) atoms. The van der Waals surface area contributed by atoms with Crippen LogP contribution in [0.3, 0.4) is 0 Å². The fraction of sp³-hybridized carbons (Fsp3) is 0. The van der Waals surface area contributed by atoms with Crippen LogP contribution in [0.1, 0.15) is 0 Å². The first kappa shape index (κ1) is 10.4. The van der Waals surface area contributed by atoms with E-state index in [-0.39, 0.29) is 11.8 Å². The summed E-state index contributed by atoms with van der Waals surface area (Å²) in [6.45, 7) is 0. The van der Waals surface area contributed by atoms with E-state index in [9.17, 15) is 9.59 Å². The highest BCUT2D eigenvalue weighted by atomic mass is 32.1. The van der Waals surface area contributed by atoms with Crippen LogP contribution in [0.5, 0.6) is 0 Å². The van der Waals surface area contributed by atoms with E-state index in [1.54, 1.807) is 24.3 Å². The third kappa shape index (κ3) is 1.82. The maximum Gasteiger partial charge on any atom is 0.258 e. The van der Waals surface area contributed by atoms with Crippen LogP contribution in [-0.2, 0) is 9.59 Å². The molecule has 1 heterocycles. The normalized spacial score (nSPS) is 14.1. The maximum absolute atomic E-state index is 11.4. The molecule has 1 aliphatic heterocycles. The van der Waals surface area contributed by atoms with Gasteiger partial charge in [0.05, 0.1) is 16.5 Å². The van der Waals surface area contributed by atoms with Crippen molar-refractivity contribution in [2.45, 2.75) is 0 Å². The molecule has 0 aromatic heterocycles. The number of hydrogen-bond donors (Lipinski definition) is 0. The lowest BCUT2D eigenvalue weighted by Crippen LogP contribution is -2.29. The van der Waals surface area contributed by atoms with Gasteiger partial charge in [-0.2, -0.15) is 4.99 Å². The zero-order valence-corrected chi connectivity index (χ0v) is 8.90. The Morgan fingerprint density at radius 3 is 2.12 bits per heavy atom. The predicted molar refractivity (Wildman–Crippen MR) is 62.8 cm³/mol. The molecule has 1 aliphatic rings. The van der Waals surface area contributed by atoms with Gasteiger partial charge in [0, 0.05) is 12.2 Å². The molecule has 0 atom stereocenters. The van der Waals surface area contributed by atoms with Crippen LogP contribution in [-0.4, -0.2) is 17.0 Å². The number of anilines is 1. The number of isothiocyanates is 1. The van der Waals surface area contributed by atoms with E-state index < -0.39 is 0 Å². The molecule has 0 N–H and O–H groups in total. The molecule has 78 valence electrons. The van der Waals surface area contributed by atoms with Gasteiger partial charge in [0.15, 0.2) is 0 Å². The molecule has 0 bridgehead atoms. The molecular weight excluding hydrogens is 224 g/mol. The number of imide groups is 1. The van der Waals surface area contributed by atoms with Crippen molar-refractivity contribution in [1.82, 2.24) is 0 Å². The smallest absolute Gasteiger partial charge is 0.258 e. The number of nitrogens with zero attached hydrogens (tertiary/aromatic N) is 2. The lowest BCUT2D eigenvalue weighted by molar-refractivity contribution is -0.119. The lowest BCUT2D eigenvalue weighted by Gasteiger charge is -2.13. The van der Waals surface area contributed by atoms with Crippen molar-refractivity contribution in [2.24, 2.45) is 4.99 Å². The minimum Gasteiger partial charge on any atom is -0.269 e. The number of carbonyl (C=O) groups is 2. The van der Waals surface area contributed by atoms with E-state index in [2.05, 4.69) is 22.4 Å². The van der Waals surface area contributed by atoms with Gasteiger partial charge in [-0.15, -0.1) is 0 Å². The Morgan fingerprint density at radius 2 is 1.62 bits per heavy atom. The van der Waals surface area contributed by atoms with Crippen LogP contribution >= 0.6 is 12.2 Å². The molecule has 0 fully saturated rings. The number of aliphatic imine (C=N–C) groups is 1. The van der Waals surface area contributed by atoms with Gasteiger partial charge in [-0.25, -0.2) is 4.90 Å². The van der Waals surface area contributed by atoms with Crippen molar-refractivity contribution < 1.29 is 9.59 Å². The van der Waals surface area contributed by atoms with Crippen molar-refractivity contribution in [3.63, 3.8) is 0 Å². The second kappa shape index (κ2) is 4.18. The Balaban J connectivity index is 2.32. The largest absolute Gasteiger partial charge is 0.269 e. The molecule has 0 saturated heterocycles. The van der Waals surface area contributed by atoms with Gasteiger partial charge in [0.2, 0.25) is 0 Å². The number of hydrogen-bond acceptors (Lipinski definition) is 4. The molecule has 2 rings (SSSR count).